The largest absolute Gasteiger partial charge is 0.458 e. The number of ether oxygens (including phenoxy) is 2. The molecule has 1 fully saturated rings. The van der Waals surface area contributed by atoms with Crippen molar-refractivity contribution in [1.82, 2.24) is 14.9 Å². The molecule has 3 rings (SSSR count). The molecule has 11 nitrogen and oxygen atoms in total. The molecular formula is C32H48N6O5. The maximum Gasteiger partial charge on any atom is 0.415 e. The molecule has 0 aliphatic carbocycles. The number of nitrogens with zero attached hydrogens (tertiary/aromatic N) is 5. The Kier molecular flexibility index (Phi) is 11.7. The van der Waals surface area contributed by atoms with Gasteiger partial charge in [0.25, 0.3) is 0 Å². The SMILES string of the molecule is CCN(CC)c1ncc(N(CC)C(=O)C(C)C)c(NC(Cc2ccc(OC(=O)N3CCCC3)cc2)C(=O)OC(C)(C)C)n1. The number of aromatic nitrogens is 2. The van der Waals surface area contributed by atoms with Crippen LogP contribution in [0.1, 0.15) is 73.8 Å². The molecule has 0 bridgehead atoms. The van der Waals surface area contributed by atoms with E-state index in [0.717, 1.165) is 18.4 Å². The van der Waals surface area contributed by atoms with Gasteiger partial charge in [-0.1, -0.05) is 26.0 Å². The standard InChI is InChI=1S/C32H48N6O5/c1-9-36(10-2)30-33-21-26(38(11-3)28(39)22(4)5)27(35-30)34-25(29(40)43-32(6,7)8)20-23-14-16-24(17-15-23)42-31(41)37-18-12-13-19-37/h14-17,21-22,25H,9-13,18-20H2,1-8H3,(H,33,34,35). The second-order valence-electron chi connectivity index (χ2n) is 12.0. The molecule has 2 amide bonds. The Morgan fingerprint density at radius 2 is 1.63 bits per heavy atom. The van der Waals surface area contributed by atoms with E-state index >= 15 is 0 Å². The van der Waals surface area contributed by atoms with Crippen molar-refractivity contribution in [2.45, 2.75) is 86.3 Å². The van der Waals surface area contributed by atoms with E-state index in [4.69, 9.17) is 14.5 Å². The number of benzene rings is 1. The van der Waals surface area contributed by atoms with Crippen molar-refractivity contribution in [3.05, 3.63) is 36.0 Å². The minimum atomic E-state index is -0.830. The van der Waals surface area contributed by atoms with E-state index in [2.05, 4.69) is 10.3 Å². The Bertz CT molecular complexity index is 1230. The lowest BCUT2D eigenvalue weighted by atomic mass is 10.0. The third-order valence-corrected chi connectivity index (χ3v) is 7.10. The van der Waals surface area contributed by atoms with E-state index in [0.29, 0.717) is 55.9 Å². The minimum Gasteiger partial charge on any atom is -0.458 e. The van der Waals surface area contributed by atoms with Crippen molar-refractivity contribution >= 4 is 35.4 Å². The average molecular weight is 597 g/mol. The van der Waals surface area contributed by atoms with Crippen molar-refractivity contribution in [2.75, 3.05) is 47.8 Å². The van der Waals surface area contributed by atoms with Gasteiger partial charge in [0, 0.05) is 45.1 Å². The van der Waals surface area contributed by atoms with E-state index in [1.165, 1.54) is 0 Å². The molecule has 0 saturated carbocycles. The normalized spacial score (nSPS) is 13.9. The number of carbonyl (C=O) groups excluding carboxylic acids is 3. The fourth-order valence-electron chi connectivity index (χ4n) is 4.81. The summed E-state index contributed by atoms with van der Waals surface area (Å²) in [5, 5.41) is 3.32. The van der Waals surface area contributed by atoms with Crippen LogP contribution in [0.15, 0.2) is 30.5 Å². The second kappa shape index (κ2) is 15.0. The molecule has 1 saturated heterocycles. The number of amides is 2. The lowest BCUT2D eigenvalue weighted by Gasteiger charge is -2.29. The first-order valence-electron chi connectivity index (χ1n) is 15.3. The first-order valence-corrected chi connectivity index (χ1v) is 15.3. The van der Waals surface area contributed by atoms with Gasteiger partial charge in [-0.2, -0.15) is 4.98 Å². The summed E-state index contributed by atoms with van der Waals surface area (Å²) in [4.78, 5) is 53.8. The van der Waals surface area contributed by atoms with Crippen molar-refractivity contribution in [3.63, 3.8) is 0 Å². The van der Waals surface area contributed by atoms with Crippen LogP contribution in [0.4, 0.5) is 22.2 Å². The zero-order chi connectivity index (χ0) is 31.7. The fourth-order valence-corrected chi connectivity index (χ4v) is 4.81. The molecule has 2 heterocycles. The molecule has 0 spiro atoms. The van der Waals surface area contributed by atoms with Crippen molar-refractivity contribution < 1.29 is 23.9 Å². The molecule has 1 aliphatic heterocycles. The molecule has 43 heavy (non-hydrogen) atoms. The summed E-state index contributed by atoms with van der Waals surface area (Å²) in [5.41, 5.74) is 0.610. The summed E-state index contributed by atoms with van der Waals surface area (Å²) < 4.78 is 11.3. The van der Waals surface area contributed by atoms with Crippen LogP contribution in [0, 0.1) is 5.92 Å². The minimum absolute atomic E-state index is 0.0716. The maximum absolute atomic E-state index is 13.6. The summed E-state index contributed by atoms with van der Waals surface area (Å²) in [5.74, 6) is 0.545. The summed E-state index contributed by atoms with van der Waals surface area (Å²) in [6.45, 7) is 18.3. The molecule has 2 aromatic rings. The summed E-state index contributed by atoms with van der Waals surface area (Å²) in [6, 6.07) is 6.28. The Hall–Kier alpha value is -3.89. The average Bonchev–Trinajstić information content (AvgIpc) is 3.50. The quantitative estimate of drug-likeness (QED) is 0.326. The second-order valence-corrected chi connectivity index (χ2v) is 12.0. The van der Waals surface area contributed by atoms with Crippen LogP contribution in [-0.4, -0.2) is 77.2 Å². The summed E-state index contributed by atoms with van der Waals surface area (Å²) >= 11 is 0. The zero-order valence-electron chi connectivity index (χ0n) is 27.0. The van der Waals surface area contributed by atoms with Crippen LogP contribution in [0.5, 0.6) is 5.75 Å². The molecule has 1 aromatic heterocycles. The zero-order valence-corrected chi connectivity index (χ0v) is 27.0. The van der Waals surface area contributed by atoms with E-state index in [1.807, 2.05) is 72.4 Å². The first-order chi connectivity index (χ1) is 20.4. The van der Waals surface area contributed by atoms with Crippen molar-refractivity contribution in [1.29, 1.82) is 0 Å². The molecule has 0 radical (unpaired) electrons. The monoisotopic (exact) mass is 596 g/mol. The van der Waals surface area contributed by atoms with Gasteiger partial charge in [0.15, 0.2) is 5.82 Å². The van der Waals surface area contributed by atoms with Gasteiger partial charge in [-0.3, -0.25) is 4.79 Å². The van der Waals surface area contributed by atoms with Gasteiger partial charge in [0.2, 0.25) is 11.9 Å². The van der Waals surface area contributed by atoms with E-state index in [9.17, 15) is 14.4 Å². The Balaban J connectivity index is 1.95. The highest BCUT2D eigenvalue weighted by Gasteiger charge is 2.29. The fraction of sp³-hybridized carbons (Fsp3) is 0.594. The molecule has 1 aliphatic rings. The maximum atomic E-state index is 13.6. The van der Waals surface area contributed by atoms with Gasteiger partial charge in [-0.25, -0.2) is 14.6 Å². The topological polar surface area (TPSA) is 117 Å². The van der Waals surface area contributed by atoms with Crippen LogP contribution in [-0.2, 0) is 20.7 Å². The lowest BCUT2D eigenvalue weighted by Crippen LogP contribution is -2.40. The van der Waals surface area contributed by atoms with Crippen LogP contribution >= 0.6 is 0 Å². The summed E-state index contributed by atoms with van der Waals surface area (Å²) in [6.07, 6.45) is 3.53. The number of hydrogen-bond donors (Lipinski definition) is 1. The van der Waals surface area contributed by atoms with Crippen LogP contribution in [0.25, 0.3) is 0 Å². The third-order valence-electron chi connectivity index (χ3n) is 7.10. The molecule has 1 unspecified atom stereocenters. The molecule has 1 atom stereocenters. The molecule has 11 heteroatoms. The van der Waals surface area contributed by atoms with Crippen LogP contribution < -0.4 is 19.9 Å². The van der Waals surface area contributed by atoms with Gasteiger partial charge >= 0.3 is 12.1 Å². The highest BCUT2D eigenvalue weighted by Crippen LogP contribution is 2.29. The van der Waals surface area contributed by atoms with Gasteiger partial charge in [0.05, 0.1) is 6.20 Å². The first kappa shape index (κ1) is 33.6. The van der Waals surface area contributed by atoms with E-state index in [-0.39, 0.29) is 24.3 Å². The van der Waals surface area contributed by atoms with Crippen molar-refractivity contribution in [3.8, 4) is 5.75 Å². The molecule has 1 aromatic carbocycles. The lowest BCUT2D eigenvalue weighted by molar-refractivity contribution is -0.155. The number of anilines is 3. The van der Waals surface area contributed by atoms with Gasteiger partial charge < -0.3 is 29.5 Å². The number of likely N-dealkylation sites (tertiary alicyclic amines) is 1. The number of nitrogens with one attached hydrogen (secondary N) is 1. The van der Waals surface area contributed by atoms with Crippen LogP contribution in [0.3, 0.4) is 0 Å². The van der Waals surface area contributed by atoms with Gasteiger partial charge in [0.1, 0.15) is 23.1 Å². The third kappa shape index (κ3) is 9.30. The van der Waals surface area contributed by atoms with Crippen LogP contribution in [0.2, 0.25) is 0 Å². The summed E-state index contributed by atoms with van der Waals surface area (Å²) in [7, 11) is 0. The van der Waals surface area contributed by atoms with E-state index in [1.54, 1.807) is 28.1 Å². The van der Waals surface area contributed by atoms with Crippen molar-refractivity contribution in [2.24, 2.45) is 5.92 Å². The van der Waals surface area contributed by atoms with Gasteiger partial charge in [-0.15, -0.1) is 0 Å². The predicted molar refractivity (Wildman–Crippen MR) is 169 cm³/mol. The Morgan fingerprint density at radius 3 is 2.16 bits per heavy atom. The highest BCUT2D eigenvalue weighted by molar-refractivity contribution is 5.97. The number of esters is 1. The molecule has 1 N–H and O–H groups in total. The Morgan fingerprint density at radius 1 is 1.00 bits per heavy atom. The Labute approximate surface area is 255 Å². The van der Waals surface area contributed by atoms with E-state index < -0.39 is 17.6 Å². The smallest absolute Gasteiger partial charge is 0.415 e. The highest BCUT2D eigenvalue weighted by atomic mass is 16.6. The molecular weight excluding hydrogens is 548 g/mol. The number of hydrogen-bond acceptors (Lipinski definition) is 9. The molecule has 236 valence electrons. The van der Waals surface area contributed by atoms with Gasteiger partial charge in [-0.05, 0) is 72.1 Å². The predicted octanol–water partition coefficient (Wildman–Crippen LogP) is 5.29. The number of carbonyl (C=O) groups is 3. The number of rotatable bonds is 12.